The number of phenolic OH excluding ortho intramolecular Hbond substituents is 1. The molecule has 0 spiro atoms. The maximum atomic E-state index is 12.8. The molecule has 2 aliphatic rings. The molecule has 3 rings (SSSR count). The summed E-state index contributed by atoms with van der Waals surface area (Å²) in [4.78, 5) is 12.8. The van der Waals surface area contributed by atoms with Crippen molar-refractivity contribution in [2.45, 2.75) is 57.8 Å². The van der Waals surface area contributed by atoms with Gasteiger partial charge in [-0.1, -0.05) is 33.6 Å². The molecular formula is C18H24O3. The molecule has 0 saturated heterocycles. The van der Waals surface area contributed by atoms with Crippen LogP contribution in [-0.4, -0.2) is 18.0 Å². The van der Waals surface area contributed by atoms with Gasteiger partial charge < -0.3 is 9.84 Å². The Morgan fingerprint density at radius 1 is 1.38 bits per heavy atom. The van der Waals surface area contributed by atoms with E-state index in [4.69, 9.17) is 4.74 Å². The Morgan fingerprint density at radius 3 is 2.71 bits per heavy atom. The van der Waals surface area contributed by atoms with Gasteiger partial charge in [0.15, 0.2) is 5.78 Å². The second-order valence-corrected chi connectivity index (χ2v) is 7.00. The summed E-state index contributed by atoms with van der Waals surface area (Å²) >= 11 is 0. The van der Waals surface area contributed by atoms with Crippen molar-refractivity contribution in [2.24, 2.45) is 5.92 Å². The number of benzene rings is 1. The van der Waals surface area contributed by atoms with E-state index in [1.807, 2.05) is 19.9 Å². The fourth-order valence-electron chi connectivity index (χ4n) is 4.34. The number of hydrogen-bond acceptors (Lipinski definition) is 3. The van der Waals surface area contributed by atoms with Gasteiger partial charge in [0, 0.05) is 16.9 Å². The number of carbonyl (C=O) groups excluding carboxylic acids is 1. The summed E-state index contributed by atoms with van der Waals surface area (Å²) in [5.41, 5.74) is 2.18. The molecule has 0 aromatic heterocycles. The van der Waals surface area contributed by atoms with Gasteiger partial charge in [0.05, 0.1) is 12.7 Å². The van der Waals surface area contributed by atoms with Gasteiger partial charge in [0.1, 0.15) is 11.5 Å². The lowest BCUT2D eigenvalue weighted by Gasteiger charge is -2.36. The third-order valence-corrected chi connectivity index (χ3v) is 5.49. The average Bonchev–Trinajstić information content (AvgIpc) is 2.67. The third-order valence-electron chi connectivity index (χ3n) is 5.49. The minimum Gasteiger partial charge on any atom is -0.507 e. The van der Waals surface area contributed by atoms with E-state index in [1.54, 1.807) is 7.11 Å². The highest BCUT2D eigenvalue weighted by Crippen LogP contribution is 2.55. The van der Waals surface area contributed by atoms with Crippen LogP contribution >= 0.6 is 0 Å². The number of rotatable bonds is 2. The Hall–Kier alpha value is -1.51. The Kier molecular flexibility index (Phi) is 3.27. The highest BCUT2D eigenvalue weighted by molar-refractivity contribution is 6.07. The Balaban J connectivity index is 2.28. The van der Waals surface area contributed by atoms with Crippen LogP contribution in [0.3, 0.4) is 0 Å². The molecule has 1 saturated carbocycles. The molecule has 0 amide bonds. The van der Waals surface area contributed by atoms with Gasteiger partial charge in [-0.25, -0.2) is 0 Å². The van der Waals surface area contributed by atoms with E-state index in [1.165, 1.54) is 0 Å². The van der Waals surface area contributed by atoms with Gasteiger partial charge in [0.25, 0.3) is 0 Å². The second-order valence-electron chi connectivity index (χ2n) is 7.00. The molecule has 1 aromatic rings. The molecule has 1 fully saturated rings. The topological polar surface area (TPSA) is 46.5 Å². The first-order valence-corrected chi connectivity index (χ1v) is 7.90. The van der Waals surface area contributed by atoms with Crippen molar-refractivity contribution in [3.8, 4) is 11.5 Å². The van der Waals surface area contributed by atoms with E-state index in [0.29, 0.717) is 11.3 Å². The predicted octanol–water partition coefficient (Wildman–Crippen LogP) is 4.17. The van der Waals surface area contributed by atoms with Crippen LogP contribution in [0.25, 0.3) is 0 Å². The lowest BCUT2D eigenvalue weighted by atomic mass is 9.67. The van der Waals surface area contributed by atoms with Crippen molar-refractivity contribution in [3.05, 3.63) is 22.8 Å². The molecule has 0 aliphatic heterocycles. The van der Waals surface area contributed by atoms with E-state index in [2.05, 4.69) is 6.92 Å². The predicted molar refractivity (Wildman–Crippen MR) is 82.4 cm³/mol. The normalized spacial score (nSPS) is 27.7. The zero-order valence-electron chi connectivity index (χ0n) is 13.3. The van der Waals surface area contributed by atoms with Gasteiger partial charge in [-0.15, -0.1) is 0 Å². The first kappa shape index (κ1) is 14.4. The minimum absolute atomic E-state index is 0.0271. The highest BCUT2D eigenvalue weighted by Gasteiger charge is 2.51. The number of methoxy groups -OCH3 is 1. The number of Topliss-reactive ketones (excluding diaryl/α,β-unsaturated/α-hetero) is 1. The molecule has 1 N–H and O–H groups in total. The summed E-state index contributed by atoms with van der Waals surface area (Å²) in [6, 6.07) is 2.01. The van der Waals surface area contributed by atoms with E-state index in [9.17, 15) is 9.90 Å². The Labute approximate surface area is 126 Å². The summed E-state index contributed by atoms with van der Waals surface area (Å²) in [6.07, 6.45) is 4.20. The van der Waals surface area contributed by atoms with Crippen LogP contribution < -0.4 is 4.74 Å². The molecule has 3 nitrogen and oxygen atoms in total. The van der Waals surface area contributed by atoms with Gasteiger partial charge in [-0.2, -0.15) is 0 Å². The van der Waals surface area contributed by atoms with Crippen LogP contribution in [0.1, 0.15) is 73.9 Å². The summed E-state index contributed by atoms with van der Waals surface area (Å²) in [6.45, 7) is 6.20. The van der Waals surface area contributed by atoms with Crippen LogP contribution in [0.2, 0.25) is 0 Å². The molecule has 2 atom stereocenters. The number of ether oxygens (including phenoxy) is 1. The maximum absolute atomic E-state index is 12.8. The molecular weight excluding hydrogens is 264 g/mol. The monoisotopic (exact) mass is 288 g/mol. The largest absolute Gasteiger partial charge is 0.507 e. The molecule has 21 heavy (non-hydrogen) atoms. The fraction of sp³-hybridized carbons (Fsp3) is 0.611. The van der Waals surface area contributed by atoms with Crippen molar-refractivity contribution < 1.29 is 14.6 Å². The Bertz CT molecular complexity index is 603. The van der Waals surface area contributed by atoms with Crippen LogP contribution in [0, 0.1) is 5.92 Å². The molecule has 114 valence electrons. The van der Waals surface area contributed by atoms with Crippen LogP contribution in [0.4, 0.5) is 0 Å². The van der Waals surface area contributed by atoms with Gasteiger partial charge in [0.2, 0.25) is 0 Å². The molecule has 2 aliphatic carbocycles. The molecule has 0 unspecified atom stereocenters. The van der Waals surface area contributed by atoms with Crippen molar-refractivity contribution in [3.63, 3.8) is 0 Å². The summed E-state index contributed by atoms with van der Waals surface area (Å²) in [5.74, 6) is 1.14. The molecule has 1 aromatic carbocycles. The zero-order chi connectivity index (χ0) is 15.4. The van der Waals surface area contributed by atoms with Crippen LogP contribution in [0.15, 0.2) is 6.07 Å². The first-order valence-electron chi connectivity index (χ1n) is 7.90. The van der Waals surface area contributed by atoms with Crippen molar-refractivity contribution in [2.75, 3.05) is 7.11 Å². The smallest absolute Gasteiger partial charge is 0.170 e. The minimum atomic E-state index is -0.134. The summed E-state index contributed by atoms with van der Waals surface area (Å²) < 4.78 is 5.50. The number of carbonyl (C=O) groups is 1. The number of ketones is 1. The second kappa shape index (κ2) is 4.75. The number of phenols is 1. The average molecular weight is 288 g/mol. The van der Waals surface area contributed by atoms with Crippen molar-refractivity contribution in [1.29, 1.82) is 0 Å². The van der Waals surface area contributed by atoms with Crippen LogP contribution in [-0.2, 0) is 5.41 Å². The van der Waals surface area contributed by atoms with Gasteiger partial charge in [-0.3, -0.25) is 4.79 Å². The standard InChI is InChI=1S/C18H24O3/c1-10(2)14-13(21-4)9-12-15(17(14)20)16(19)11-7-5-6-8-18(11,12)3/h9-11,20H,5-8H2,1-4H3/t11-,18-/m0/s1. The highest BCUT2D eigenvalue weighted by atomic mass is 16.5. The van der Waals surface area contributed by atoms with Gasteiger partial charge in [-0.05, 0) is 30.4 Å². The molecule has 0 heterocycles. The van der Waals surface area contributed by atoms with Crippen LogP contribution in [0.5, 0.6) is 11.5 Å². The fourth-order valence-corrected chi connectivity index (χ4v) is 4.34. The summed E-state index contributed by atoms with van der Waals surface area (Å²) in [5, 5.41) is 10.7. The summed E-state index contributed by atoms with van der Waals surface area (Å²) in [7, 11) is 1.63. The van der Waals surface area contributed by atoms with E-state index in [-0.39, 0.29) is 28.8 Å². The number of aromatic hydroxyl groups is 1. The van der Waals surface area contributed by atoms with E-state index < -0.39 is 0 Å². The number of fused-ring (bicyclic) bond motifs is 3. The lowest BCUT2D eigenvalue weighted by molar-refractivity contribution is 0.0843. The Morgan fingerprint density at radius 2 is 2.10 bits per heavy atom. The third kappa shape index (κ3) is 1.82. The molecule has 0 radical (unpaired) electrons. The van der Waals surface area contributed by atoms with E-state index in [0.717, 1.165) is 36.8 Å². The quantitative estimate of drug-likeness (QED) is 0.888. The lowest BCUT2D eigenvalue weighted by Crippen LogP contribution is -2.33. The van der Waals surface area contributed by atoms with E-state index >= 15 is 0 Å². The van der Waals surface area contributed by atoms with Crippen molar-refractivity contribution >= 4 is 5.78 Å². The zero-order valence-corrected chi connectivity index (χ0v) is 13.3. The first-order chi connectivity index (χ1) is 9.91. The number of hydrogen-bond donors (Lipinski definition) is 1. The SMILES string of the molecule is COc1cc2c(c(O)c1C(C)C)C(=O)[C@@H]1CCCC[C@]21C. The molecule has 0 bridgehead atoms. The molecule has 3 heteroatoms. The van der Waals surface area contributed by atoms with Gasteiger partial charge >= 0.3 is 0 Å². The van der Waals surface area contributed by atoms with Crippen molar-refractivity contribution in [1.82, 2.24) is 0 Å². The maximum Gasteiger partial charge on any atom is 0.170 e.